The van der Waals surface area contributed by atoms with Gasteiger partial charge in [0, 0.05) is 18.0 Å². The van der Waals surface area contributed by atoms with E-state index in [1.807, 2.05) is 31.2 Å². The zero-order chi connectivity index (χ0) is 15.9. The predicted octanol–water partition coefficient (Wildman–Crippen LogP) is 2.33. The Labute approximate surface area is 134 Å². The van der Waals surface area contributed by atoms with Gasteiger partial charge in [0.15, 0.2) is 0 Å². The van der Waals surface area contributed by atoms with E-state index < -0.39 is 0 Å². The first-order valence-corrected chi connectivity index (χ1v) is 7.60. The SMILES string of the molecule is Cc1ncc(CN(CCO)C(=O)CCc2ccc(Cl)cc2)[nH]1. The van der Waals surface area contributed by atoms with Gasteiger partial charge in [-0.3, -0.25) is 4.79 Å². The molecule has 118 valence electrons. The lowest BCUT2D eigenvalue weighted by Gasteiger charge is -2.21. The van der Waals surface area contributed by atoms with E-state index in [1.165, 1.54) is 0 Å². The van der Waals surface area contributed by atoms with Crippen molar-refractivity contribution in [2.45, 2.75) is 26.3 Å². The van der Waals surface area contributed by atoms with Gasteiger partial charge in [-0.25, -0.2) is 4.98 Å². The molecule has 1 aromatic carbocycles. The van der Waals surface area contributed by atoms with Crippen molar-refractivity contribution < 1.29 is 9.90 Å². The molecule has 2 rings (SSSR count). The zero-order valence-corrected chi connectivity index (χ0v) is 13.3. The van der Waals surface area contributed by atoms with E-state index in [0.29, 0.717) is 31.0 Å². The van der Waals surface area contributed by atoms with E-state index in [1.54, 1.807) is 11.1 Å². The van der Waals surface area contributed by atoms with Gasteiger partial charge < -0.3 is 15.0 Å². The van der Waals surface area contributed by atoms with E-state index in [4.69, 9.17) is 16.7 Å². The maximum absolute atomic E-state index is 12.3. The monoisotopic (exact) mass is 321 g/mol. The molecule has 1 amide bonds. The Bertz CT molecular complexity index is 610. The molecule has 0 unspecified atom stereocenters. The summed E-state index contributed by atoms with van der Waals surface area (Å²) < 4.78 is 0. The summed E-state index contributed by atoms with van der Waals surface area (Å²) in [6, 6.07) is 7.48. The highest BCUT2D eigenvalue weighted by Gasteiger charge is 2.14. The van der Waals surface area contributed by atoms with Crippen molar-refractivity contribution in [3.63, 3.8) is 0 Å². The summed E-state index contributed by atoms with van der Waals surface area (Å²) in [7, 11) is 0. The van der Waals surface area contributed by atoms with Gasteiger partial charge in [0.05, 0.1) is 25.0 Å². The second-order valence-electron chi connectivity index (χ2n) is 5.16. The van der Waals surface area contributed by atoms with Crippen LogP contribution in [-0.2, 0) is 17.8 Å². The Balaban J connectivity index is 1.92. The molecule has 0 radical (unpaired) electrons. The number of aromatic nitrogens is 2. The Kier molecular flexibility index (Phi) is 5.98. The fourth-order valence-corrected chi connectivity index (χ4v) is 2.36. The third-order valence-electron chi connectivity index (χ3n) is 3.38. The summed E-state index contributed by atoms with van der Waals surface area (Å²) in [5.74, 6) is 0.823. The molecule has 1 heterocycles. The number of carbonyl (C=O) groups is 1. The van der Waals surface area contributed by atoms with Crippen molar-refractivity contribution >= 4 is 17.5 Å². The highest BCUT2D eigenvalue weighted by Crippen LogP contribution is 2.12. The van der Waals surface area contributed by atoms with Crippen molar-refractivity contribution in [2.75, 3.05) is 13.2 Å². The van der Waals surface area contributed by atoms with Crippen LogP contribution >= 0.6 is 11.6 Å². The number of carbonyl (C=O) groups excluding carboxylic acids is 1. The van der Waals surface area contributed by atoms with Crippen LogP contribution in [0.3, 0.4) is 0 Å². The van der Waals surface area contributed by atoms with Crippen LogP contribution in [0.4, 0.5) is 0 Å². The zero-order valence-electron chi connectivity index (χ0n) is 12.6. The molecular formula is C16H20ClN3O2. The van der Waals surface area contributed by atoms with Crippen LogP contribution in [-0.4, -0.2) is 39.0 Å². The molecule has 0 aliphatic rings. The minimum Gasteiger partial charge on any atom is -0.395 e. The molecule has 2 aromatic rings. The van der Waals surface area contributed by atoms with Crippen molar-refractivity contribution in [3.8, 4) is 0 Å². The summed E-state index contributed by atoms with van der Waals surface area (Å²) >= 11 is 5.85. The number of H-pyrrole nitrogens is 1. The number of nitrogens with zero attached hydrogens (tertiary/aromatic N) is 2. The van der Waals surface area contributed by atoms with Gasteiger partial charge in [0.1, 0.15) is 5.82 Å². The molecule has 2 N–H and O–H groups in total. The Hall–Kier alpha value is -1.85. The van der Waals surface area contributed by atoms with Crippen molar-refractivity contribution in [1.29, 1.82) is 0 Å². The lowest BCUT2D eigenvalue weighted by Crippen LogP contribution is -2.33. The molecular weight excluding hydrogens is 302 g/mol. The Morgan fingerprint density at radius 1 is 1.36 bits per heavy atom. The van der Waals surface area contributed by atoms with Crippen LogP contribution < -0.4 is 0 Å². The highest BCUT2D eigenvalue weighted by atomic mass is 35.5. The third-order valence-corrected chi connectivity index (χ3v) is 3.63. The maximum Gasteiger partial charge on any atom is 0.223 e. The minimum absolute atomic E-state index is 0.0104. The second kappa shape index (κ2) is 7.96. The second-order valence-corrected chi connectivity index (χ2v) is 5.60. The van der Waals surface area contributed by atoms with Crippen LogP contribution in [0.2, 0.25) is 5.02 Å². The summed E-state index contributed by atoms with van der Waals surface area (Å²) in [4.78, 5) is 21.2. The molecule has 5 nitrogen and oxygen atoms in total. The number of aromatic amines is 1. The third kappa shape index (κ3) is 4.86. The molecule has 0 atom stereocenters. The number of hydrogen-bond donors (Lipinski definition) is 2. The maximum atomic E-state index is 12.3. The van der Waals surface area contributed by atoms with Crippen LogP contribution in [0.5, 0.6) is 0 Å². The summed E-state index contributed by atoms with van der Waals surface area (Å²) in [6.07, 6.45) is 2.76. The van der Waals surface area contributed by atoms with Crippen molar-refractivity contribution in [3.05, 3.63) is 52.6 Å². The van der Waals surface area contributed by atoms with E-state index in [-0.39, 0.29) is 12.5 Å². The standard InChI is InChI=1S/C16H20ClN3O2/c1-12-18-10-15(19-12)11-20(8-9-21)16(22)7-4-13-2-5-14(17)6-3-13/h2-3,5-6,10,21H,4,7-9,11H2,1H3,(H,18,19). The van der Waals surface area contributed by atoms with Crippen LogP contribution in [0.1, 0.15) is 23.5 Å². The largest absolute Gasteiger partial charge is 0.395 e. The molecule has 22 heavy (non-hydrogen) atoms. The summed E-state index contributed by atoms with van der Waals surface area (Å²) in [6.45, 7) is 2.56. The van der Waals surface area contributed by atoms with E-state index in [9.17, 15) is 4.79 Å². The highest BCUT2D eigenvalue weighted by molar-refractivity contribution is 6.30. The molecule has 0 spiro atoms. The number of nitrogens with one attached hydrogen (secondary N) is 1. The van der Waals surface area contributed by atoms with E-state index in [2.05, 4.69) is 9.97 Å². The number of benzene rings is 1. The number of aliphatic hydroxyl groups is 1. The summed E-state index contributed by atoms with van der Waals surface area (Å²) in [5.41, 5.74) is 1.94. The van der Waals surface area contributed by atoms with Crippen molar-refractivity contribution in [1.82, 2.24) is 14.9 Å². The quantitative estimate of drug-likeness (QED) is 0.822. The molecule has 6 heteroatoms. The predicted molar refractivity (Wildman–Crippen MR) is 85.6 cm³/mol. The number of halogens is 1. The average molecular weight is 322 g/mol. The van der Waals surface area contributed by atoms with Gasteiger partial charge >= 0.3 is 0 Å². The molecule has 0 aliphatic carbocycles. The number of hydrogen-bond acceptors (Lipinski definition) is 3. The minimum atomic E-state index is -0.0557. The normalized spacial score (nSPS) is 10.7. The van der Waals surface area contributed by atoms with Gasteiger partial charge in [-0.2, -0.15) is 0 Å². The molecule has 1 aromatic heterocycles. The van der Waals surface area contributed by atoms with Crippen LogP contribution in [0, 0.1) is 6.92 Å². The van der Waals surface area contributed by atoms with Gasteiger partial charge in [0.25, 0.3) is 0 Å². The Morgan fingerprint density at radius 2 is 2.09 bits per heavy atom. The molecule has 0 saturated carbocycles. The molecule has 0 aliphatic heterocycles. The van der Waals surface area contributed by atoms with Gasteiger partial charge in [-0.15, -0.1) is 0 Å². The number of amides is 1. The number of rotatable bonds is 7. The first-order chi connectivity index (χ1) is 10.6. The van der Waals surface area contributed by atoms with Gasteiger partial charge in [-0.05, 0) is 31.0 Å². The molecule has 0 fully saturated rings. The molecule has 0 saturated heterocycles. The van der Waals surface area contributed by atoms with E-state index in [0.717, 1.165) is 17.1 Å². The summed E-state index contributed by atoms with van der Waals surface area (Å²) in [5, 5.41) is 9.84. The van der Waals surface area contributed by atoms with Gasteiger partial charge in [0.2, 0.25) is 5.91 Å². The number of aryl methyl sites for hydroxylation is 2. The van der Waals surface area contributed by atoms with Gasteiger partial charge in [-0.1, -0.05) is 23.7 Å². The topological polar surface area (TPSA) is 69.2 Å². The van der Waals surface area contributed by atoms with Crippen molar-refractivity contribution in [2.24, 2.45) is 0 Å². The smallest absolute Gasteiger partial charge is 0.223 e. The number of aliphatic hydroxyl groups excluding tert-OH is 1. The van der Waals surface area contributed by atoms with Crippen LogP contribution in [0.15, 0.2) is 30.5 Å². The average Bonchev–Trinajstić information content (AvgIpc) is 2.91. The Morgan fingerprint density at radius 3 is 2.68 bits per heavy atom. The lowest BCUT2D eigenvalue weighted by atomic mass is 10.1. The van der Waals surface area contributed by atoms with Crippen LogP contribution in [0.25, 0.3) is 0 Å². The first-order valence-electron chi connectivity index (χ1n) is 7.22. The molecule has 0 bridgehead atoms. The lowest BCUT2D eigenvalue weighted by molar-refractivity contribution is -0.132. The fourth-order valence-electron chi connectivity index (χ4n) is 2.23. The number of imidazole rings is 1. The fraction of sp³-hybridized carbons (Fsp3) is 0.375. The van der Waals surface area contributed by atoms with E-state index >= 15 is 0 Å². The first kappa shape index (κ1) is 16.5.